The molecule has 9 heteroatoms. The maximum atomic E-state index is 13.8. The summed E-state index contributed by atoms with van der Waals surface area (Å²) in [5.41, 5.74) is 8.94. The maximum Gasteiger partial charge on any atom is 0.324 e. The number of fused-ring (bicyclic) bond motifs is 2. The average molecular weight is 677 g/mol. The molecule has 2 aliphatic rings. The summed E-state index contributed by atoms with van der Waals surface area (Å²) in [5, 5.41) is 23.0. The Morgan fingerprint density at radius 2 is 1.52 bits per heavy atom. The molecule has 1 aliphatic carbocycles. The molecule has 5 N–H and O–H groups in total. The number of nitrogens with one attached hydrogen (secondary N) is 1. The topological polar surface area (TPSA) is 139 Å². The van der Waals surface area contributed by atoms with Gasteiger partial charge in [-0.15, -0.1) is 12.4 Å². The lowest BCUT2D eigenvalue weighted by Crippen LogP contribution is -2.56. The molecule has 0 bridgehead atoms. The Kier molecular flexibility index (Phi) is 12.0. The van der Waals surface area contributed by atoms with E-state index in [0.29, 0.717) is 25.2 Å². The highest BCUT2D eigenvalue weighted by molar-refractivity contribution is 5.93. The lowest BCUT2D eigenvalue weighted by Gasteiger charge is -2.36. The SMILES string of the molecule is CC(C)(C)c1ccc(CC[C@@H](CC2CCCCC2)[C@](N)(CC(=O)O)C(=O)O)cc1NC(=O)CC1c2ccccc2Oc2ccccc21.Cl. The van der Waals surface area contributed by atoms with Crippen LogP contribution >= 0.6 is 12.4 Å². The Morgan fingerprint density at radius 3 is 2.08 bits per heavy atom. The fraction of sp³-hybridized carbons (Fsp3) is 0.462. The number of carbonyl (C=O) groups is 3. The molecular weight excluding hydrogens is 628 g/mol. The first-order chi connectivity index (χ1) is 22.3. The van der Waals surface area contributed by atoms with Crippen molar-refractivity contribution in [2.45, 2.75) is 102 Å². The third kappa shape index (κ3) is 8.58. The van der Waals surface area contributed by atoms with Crippen molar-refractivity contribution < 1.29 is 29.3 Å². The van der Waals surface area contributed by atoms with E-state index in [0.717, 1.165) is 65.1 Å². The summed E-state index contributed by atoms with van der Waals surface area (Å²) in [6.07, 6.45) is 6.55. The van der Waals surface area contributed by atoms with Crippen molar-refractivity contribution in [2.75, 3.05) is 5.32 Å². The number of ether oxygens (including phenoxy) is 1. The van der Waals surface area contributed by atoms with Crippen LogP contribution < -0.4 is 15.8 Å². The normalized spacial score (nSPS) is 16.7. The summed E-state index contributed by atoms with van der Waals surface area (Å²) < 4.78 is 6.13. The van der Waals surface area contributed by atoms with Crippen LogP contribution in [-0.2, 0) is 26.2 Å². The van der Waals surface area contributed by atoms with Gasteiger partial charge in [0.25, 0.3) is 0 Å². The van der Waals surface area contributed by atoms with Crippen LogP contribution in [0.1, 0.15) is 107 Å². The van der Waals surface area contributed by atoms with Crippen molar-refractivity contribution in [1.29, 1.82) is 0 Å². The van der Waals surface area contributed by atoms with E-state index in [1.54, 1.807) is 0 Å². The minimum absolute atomic E-state index is 0. The molecule has 2 atom stereocenters. The van der Waals surface area contributed by atoms with Gasteiger partial charge in [-0.3, -0.25) is 14.4 Å². The Bertz CT molecular complexity index is 1570. The first-order valence-electron chi connectivity index (χ1n) is 16.9. The maximum absolute atomic E-state index is 13.8. The molecule has 0 unspecified atom stereocenters. The molecule has 1 fully saturated rings. The van der Waals surface area contributed by atoms with Crippen molar-refractivity contribution in [3.05, 3.63) is 89.0 Å². The van der Waals surface area contributed by atoms with Crippen molar-refractivity contribution in [2.24, 2.45) is 17.6 Å². The quantitative estimate of drug-likeness (QED) is 0.151. The zero-order valence-electron chi connectivity index (χ0n) is 28.2. The first-order valence-corrected chi connectivity index (χ1v) is 16.9. The van der Waals surface area contributed by atoms with Crippen LogP contribution in [0.4, 0.5) is 5.69 Å². The highest BCUT2D eigenvalue weighted by atomic mass is 35.5. The number of amides is 1. The van der Waals surface area contributed by atoms with Crippen molar-refractivity contribution in [3.63, 3.8) is 0 Å². The predicted octanol–water partition coefficient (Wildman–Crippen LogP) is 8.45. The number of carboxylic acid groups (broad SMARTS) is 2. The Hall–Kier alpha value is -3.88. The van der Waals surface area contributed by atoms with Crippen LogP contribution in [0.25, 0.3) is 0 Å². The van der Waals surface area contributed by atoms with Crippen LogP contribution in [0.15, 0.2) is 66.7 Å². The molecule has 3 aromatic rings. The minimum Gasteiger partial charge on any atom is -0.481 e. The van der Waals surface area contributed by atoms with E-state index in [-0.39, 0.29) is 36.1 Å². The van der Waals surface area contributed by atoms with Gasteiger partial charge in [0, 0.05) is 29.2 Å². The summed E-state index contributed by atoms with van der Waals surface area (Å²) in [7, 11) is 0. The number of aryl methyl sites for hydroxylation is 1. The van der Waals surface area contributed by atoms with Gasteiger partial charge in [0.2, 0.25) is 5.91 Å². The average Bonchev–Trinajstić information content (AvgIpc) is 3.02. The Labute approximate surface area is 289 Å². The first kappa shape index (κ1) is 36.9. The van der Waals surface area contributed by atoms with E-state index in [4.69, 9.17) is 10.5 Å². The largest absolute Gasteiger partial charge is 0.481 e. The molecule has 48 heavy (non-hydrogen) atoms. The minimum atomic E-state index is -1.86. The van der Waals surface area contributed by atoms with Crippen LogP contribution in [0.2, 0.25) is 0 Å². The van der Waals surface area contributed by atoms with Gasteiger partial charge in [0.05, 0.1) is 6.42 Å². The number of carbonyl (C=O) groups excluding carboxylic acids is 1. The van der Waals surface area contributed by atoms with E-state index in [1.807, 2.05) is 66.7 Å². The number of para-hydroxylation sites is 2. The summed E-state index contributed by atoms with van der Waals surface area (Å²) in [6, 6.07) is 21.7. The fourth-order valence-corrected chi connectivity index (χ4v) is 7.52. The van der Waals surface area contributed by atoms with E-state index in [9.17, 15) is 24.6 Å². The molecule has 1 heterocycles. The summed E-state index contributed by atoms with van der Waals surface area (Å²) >= 11 is 0. The van der Waals surface area contributed by atoms with E-state index >= 15 is 0 Å². The monoisotopic (exact) mass is 676 g/mol. The van der Waals surface area contributed by atoms with E-state index < -0.39 is 29.8 Å². The third-order valence-electron chi connectivity index (χ3n) is 10.1. The van der Waals surface area contributed by atoms with Crippen molar-refractivity contribution in [1.82, 2.24) is 0 Å². The summed E-state index contributed by atoms with van der Waals surface area (Å²) in [5.74, 6) is -1.43. The van der Waals surface area contributed by atoms with Crippen LogP contribution in [0.3, 0.4) is 0 Å². The number of carboxylic acids is 2. The van der Waals surface area contributed by atoms with Crippen LogP contribution in [-0.4, -0.2) is 33.6 Å². The number of benzene rings is 3. The number of aliphatic carboxylic acids is 2. The smallest absolute Gasteiger partial charge is 0.324 e. The lowest BCUT2D eigenvalue weighted by molar-refractivity contribution is -0.152. The molecule has 0 spiro atoms. The van der Waals surface area contributed by atoms with Gasteiger partial charge < -0.3 is 26.0 Å². The number of hydrogen-bond acceptors (Lipinski definition) is 5. The number of nitrogens with two attached hydrogens (primary N) is 1. The second kappa shape index (κ2) is 15.6. The van der Waals surface area contributed by atoms with Crippen molar-refractivity contribution >= 4 is 35.9 Å². The number of rotatable bonds is 12. The standard InChI is InChI=1S/C39H48N2O6.ClH/c1-38(2,3)31-20-18-26(17-19-27(21-25-11-5-4-6-12-25)39(40,37(45)46)24-36(43)44)22-32(31)41-35(42)23-30-28-13-7-9-15-33(28)47-34-16-10-8-14-29(30)34;/h7-10,13-16,18,20,22,25,27,30H,4-6,11-12,17,19,21,23-24,40H2,1-3H3,(H,41,42)(H,43,44)(H,45,46);1H/t27-,39+;/m0./s1. The van der Waals surface area contributed by atoms with Gasteiger partial charge in [-0.05, 0) is 65.8 Å². The highest BCUT2D eigenvalue weighted by Crippen LogP contribution is 2.45. The number of hydrogen-bond donors (Lipinski definition) is 4. The van der Waals surface area contributed by atoms with Crippen molar-refractivity contribution in [3.8, 4) is 11.5 Å². The van der Waals surface area contributed by atoms with Gasteiger partial charge in [-0.25, -0.2) is 0 Å². The molecule has 258 valence electrons. The highest BCUT2D eigenvalue weighted by Gasteiger charge is 2.44. The van der Waals surface area contributed by atoms with Gasteiger partial charge >= 0.3 is 11.9 Å². The molecule has 1 aliphatic heterocycles. The molecule has 0 aromatic heterocycles. The van der Waals surface area contributed by atoms with Gasteiger partial charge in [0.1, 0.15) is 17.0 Å². The predicted molar refractivity (Wildman–Crippen MR) is 190 cm³/mol. The Morgan fingerprint density at radius 1 is 0.917 bits per heavy atom. The van der Waals surface area contributed by atoms with E-state index in [1.165, 1.54) is 6.42 Å². The second-order valence-electron chi connectivity index (χ2n) is 14.5. The van der Waals surface area contributed by atoms with Crippen LogP contribution in [0.5, 0.6) is 11.5 Å². The zero-order valence-corrected chi connectivity index (χ0v) is 29.0. The summed E-state index contributed by atoms with van der Waals surface area (Å²) in [4.78, 5) is 38.0. The Balaban J connectivity index is 0.00000520. The van der Waals surface area contributed by atoms with Gasteiger partial charge in [-0.2, -0.15) is 0 Å². The van der Waals surface area contributed by atoms with Crippen LogP contribution in [0, 0.1) is 11.8 Å². The molecule has 0 saturated heterocycles. The molecule has 1 saturated carbocycles. The zero-order chi connectivity index (χ0) is 33.8. The molecular formula is C39H49ClN2O6. The molecule has 0 radical (unpaired) electrons. The van der Waals surface area contributed by atoms with E-state index in [2.05, 4.69) is 26.1 Å². The second-order valence-corrected chi connectivity index (χ2v) is 14.5. The third-order valence-corrected chi connectivity index (χ3v) is 10.1. The number of halogens is 1. The summed E-state index contributed by atoms with van der Waals surface area (Å²) in [6.45, 7) is 6.30. The molecule has 1 amide bonds. The van der Waals surface area contributed by atoms with Gasteiger partial charge in [0.15, 0.2) is 0 Å². The number of anilines is 1. The molecule has 8 nitrogen and oxygen atoms in total. The molecule has 3 aromatic carbocycles. The lowest BCUT2D eigenvalue weighted by atomic mass is 9.71. The fourth-order valence-electron chi connectivity index (χ4n) is 7.52. The molecule has 5 rings (SSSR count). The van der Waals surface area contributed by atoms with Gasteiger partial charge in [-0.1, -0.05) is 101 Å².